The summed E-state index contributed by atoms with van der Waals surface area (Å²) >= 11 is 0. The molecule has 0 aliphatic rings. The van der Waals surface area contributed by atoms with Gasteiger partial charge in [0, 0.05) is 0 Å². The van der Waals surface area contributed by atoms with Crippen molar-refractivity contribution in [1.82, 2.24) is 10.3 Å². The minimum absolute atomic E-state index is 0.149. The number of amides is 1. The fourth-order valence-corrected chi connectivity index (χ4v) is 2.27. The highest BCUT2D eigenvalue weighted by Gasteiger charge is 2.34. The maximum Gasteiger partial charge on any atom is 0.329 e. The van der Waals surface area contributed by atoms with E-state index in [0.717, 1.165) is 0 Å². The van der Waals surface area contributed by atoms with Gasteiger partial charge in [-0.2, -0.15) is 0 Å². The molecule has 3 N–H and O–H groups in total. The summed E-state index contributed by atoms with van der Waals surface area (Å²) in [7, 11) is 0. The van der Waals surface area contributed by atoms with Gasteiger partial charge in [-0.05, 0) is 37.6 Å². The number of carboxylic acids is 1. The first-order valence-electron chi connectivity index (χ1n) is 7.20. The van der Waals surface area contributed by atoms with E-state index in [4.69, 9.17) is 4.42 Å². The number of furan rings is 1. The topological polar surface area (TPSA) is 112 Å². The minimum Gasteiger partial charge on any atom is -0.480 e. The van der Waals surface area contributed by atoms with Crippen LogP contribution in [0.3, 0.4) is 0 Å². The van der Waals surface area contributed by atoms with Crippen molar-refractivity contribution in [2.24, 2.45) is 0 Å². The Bertz CT molecular complexity index is 763. The quantitative estimate of drug-likeness (QED) is 0.754. The predicted octanol–water partition coefficient (Wildman–Crippen LogP) is 2.01. The number of hydrogen-bond donors (Lipinski definition) is 3. The highest BCUT2D eigenvalue weighted by molar-refractivity contribution is 5.97. The average Bonchev–Trinajstić information content (AvgIpc) is 3.01. The van der Waals surface area contributed by atoms with Crippen LogP contribution in [-0.2, 0) is 4.79 Å². The van der Waals surface area contributed by atoms with Gasteiger partial charge in [0.15, 0.2) is 0 Å². The van der Waals surface area contributed by atoms with Gasteiger partial charge in [-0.3, -0.25) is 9.59 Å². The Balaban J connectivity index is 2.26. The molecule has 1 atom stereocenters. The number of aliphatic carboxylic acids is 1. The highest BCUT2D eigenvalue weighted by atomic mass is 16.4. The Morgan fingerprint density at radius 3 is 2.61 bits per heavy atom. The third kappa shape index (κ3) is 3.50. The minimum atomic E-state index is -1.42. The van der Waals surface area contributed by atoms with Gasteiger partial charge in [0.25, 0.3) is 11.5 Å². The second-order valence-corrected chi connectivity index (χ2v) is 5.43. The van der Waals surface area contributed by atoms with E-state index in [-0.39, 0.29) is 12.0 Å². The number of carbonyl (C=O) groups is 2. The molecule has 2 aromatic heterocycles. The van der Waals surface area contributed by atoms with Crippen LogP contribution in [0.2, 0.25) is 0 Å². The summed E-state index contributed by atoms with van der Waals surface area (Å²) in [6, 6.07) is 6.23. The summed E-state index contributed by atoms with van der Waals surface area (Å²) in [6.07, 6.45) is 2.31. The zero-order valence-electron chi connectivity index (χ0n) is 12.9. The Hall–Kier alpha value is -2.83. The first-order valence-corrected chi connectivity index (χ1v) is 7.20. The molecule has 7 nitrogen and oxygen atoms in total. The van der Waals surface area contributed by atoms with Crippen LogP contribution in [0.25, 0.3) is 11.5 Å². The lowest BCUT2D eigenvalue weighted by molar-refractivity contribution is -0.144. The lowest BCUT2D eigenvalue weighted by Crippen LogP contribution is -2.52. The maximum atomic E-state index is 12.2. The molecule has 0 bridgehead atoms. The van der Waals surface area contributed by atoms with Crippen molar-refractivity contribution in [3.63, 3.8) is 0 Å². The highest BCUT2D eigenvalue weighted by Crippen LogP contribution is 2.17. The summed E-state index contributed by atoms with van der Waals surface area (Å²) in [4.78, 5) is 38.2. The van der Waals surface area contributed by atoms with E-state index >= 15 is 0 Å². The van der Waals surface area contributed by atoms with Crippen LogP contribution in [0.1, 0.15) is 37.0 Å². The number of rotatable bonds is 6. The molecule has 122 valence electrons. The van der Waals surface area contributed by atoms with Gasteiger partial charge in [0.1, 0.15) is 16.9 Å². The number of carboxylic acid groups (broad SMARTS) is 1. The number of carbonyl (C=O) groups excluding carboxylic acids is 1. The molecule has 0 saturated carbocycles. The van der Waals surface area contributed by atoms with Crippen LogP contribution in [0.4, 0.5) is 0 Å². The zero-order chi connectivity index (χ0) is 17.0. The monoisotopic (exact) mass is 318 g/mol. The summed E-state index contributed by atoms with van der Waals surface area (Å²) in [5, 5.41) is 11.7. The van der Waals surface area contributed by atoms with E-state index in [0.29, 0.717) is 17.9 Å². The van der Waals surface area contributed by atoms with E-state index in [1.165, 1.54) is 25.3 Å². The molecule has 0 aliphatic heterocycles. The molecule has 7 heteroatoms. The number of nitrogens with one attached hydrogen (secondary N) is 2. The molecule has 1 amide bonds. The molecule has 0 aromatic carbocycles. The van der Waals surface area contributed by atoms with Gasteiger partial charge in [0.05, 0.1) is 12.0 Å². The summed E-state index contributed by atoms with van der Waals surface area (Å²) in [5.74, 6) is -1.40. The van der Waals surface area contributed by atoms with Crippen molar-refractivity contribution in [2.75, 3.05) is 0 Å². The Kier molecular flexibility index (Phi) is 4.68. The zero-order valence-corrected chi connectivity index (χ0v) is 12.9. The third-order valence-corrected chi connectivity index (χ3v) is 3.55. The number of aromatic amines is 1. The second-order valence-electron chi connectivity index (χ2n) is 5.43. The largest absolute Gasteiger partial charge is 0.480 e. The predicted molar refractivity (Wildman–Crippen MR) is 83.2 cm³/mol. The second kappa shape index (κ2) is 6.51. The molecule has 0 saturated heterocycles. The molecule has 0 radical (unpaired) electrons. The normalized spacial score (nSPS) is 13.3. The fraction of sp³-hybridized carbons (Fsp3) is 0.312. The fourth-order valence-electron chi connectivity index (χ4n) is 2.27. The number of pyridine rings is 1. The lowest BCUT2D eigenvalue weighted by Gasteiger charge is -2.25. The van der Waals surface area contributed by atoms with Crippen molar-refractivity contribution in [3.05, 3.63) is 46.4 Å². The molecular formula is C16H18N2O5. The third-order valence-electron chi connectivity index (χ3n) is 3.55. The summed E-state index contributed by atoms with van der Waals surface area (Å²) in [5.41, 5.74) is -1.74. The van der Waals surface area contributed by atoms with Crippen molar-refractivity contribution in [3.8, 4) is 11.5 Å². The molecule has 0 aliphatic carbocycles. The summed E-state index contributed by atoms with van der Waals surface area (Å²) < 4.78 is 5.17. The molecule has 0 spiro atoms. The van der Waals surface area contributed by atoms with E-state index in [1.54, 1.807) is 12.1 Å². The van der Waals surface area contributed by atoms with E-state index < -0.39 is 23.0 Å². The average molecular weight is 318 g/mol. The van der Waals surface area contributed by atoms with Gasteiger partial charge in [-0.25, -0.2) is 4.79 Å². The van der Waals surface area contributed by atoms with Gasteiger partial charge in [-0.1, -0.05) is 13.3 Å². The molecule has 23 heavy (non-hydrogen) atoms. The van der Waals surface area contributed by atoms with Gasteiger partial charge < -0.3 is 19.8 Å². The number of H-pyrrole nitrogens is 1. The lowest BCUT2D eigenvalue weighted by atomic mass is 9.96. The van der Waals surface area contributed by atoms with Crippen molar-refractivity contribution in [1.29, 1.82) is 0 Å². The van der Waals surface area contributed by atoms with Gasteiger partial charge >= 0.3 is 5.97 Å². The molecule has 1 unspecified atom stereocenters. The van der Waals surface area contributed by atoms with E-state index in [1.807, 2.05) is 6.92 Å². The first kappa shape index (κ1) is 16.5. The van der Waals surface area contributed by atoms with Gasteiger partial charge in [0.2, 0.25) is 0 Å². The van der Waals surface area contributed by atoms with E-state index in [9.17, 15) is 19.5 Å². The SMILES string of the molecule is CCCC(C)(NC(=O)c1ccc(-c2ccco2)[nH]c1=O)C(=O)O. The van der Waals surface area contributed by atoms with Crippen LogP contribution < -0.4 is 10.9 Å². The number of hydrogen-bond acceptors (Lipinski definition) is 4. The Morgan fingerprint density at radius 1 is 1.35 bits per heavy atom. The van der Waals surface area contributed by atoms with Crippen LogP contribution >= 0.6 is 0 Å². The van der Waals surface area contributed by atoms with Crippen LogP contribution in [-0.4, -0.2) is 27.5 Å². The van der Waals surface area contributed by atoms with Crippen LogP contribution in [0.5, 0.6) is 0 Å². The van der Waals surface area contributed by atoms with Crippen molar-refractivity contribution < 1.29 is 19.1 Å². The van der Waals surface area contributed by atoms with E-state index in [2.05, 4.69) is 10.3 Å². The summed E-state index contributed by atoms with van der Waals surface area (Å²) in [6.45, 7) is 3.24. The van der Waals surface area contributed by atoms with Crippen molar-refractivity contribution in [2.45, 2.75) is 32.2 Å². The molecule has 2 rings (SSSR count). The van der Waals surface area contributed by atoms with Crippen molar-refractivity contribution >= 4 is 11.9 Å². The molecule has 0 fully saturated rings. The van der Waals surface area contributed by atoms with Crippen LogP contribution in [0.15, 0.2) is 39.7 Å². The first-order chi connectivity index (χ1) is 10.9. The molecule has 2 heterocycles. The Morgan fingerprint density at radius 2 is 2.09 bits per heavy atom. The molecular weight excluding hydrogens is 300 g/mol. The smallest absolute Gasteiger partial charge is 0.329 e. The number of aromatic nitrogens is 1. The van der Waals surface area contributed by atoms with Crippen LogP contribution in [0, 0.1) is 0 Å². The van der Waals surface area contributed by atoms with Gasteiger partial charge in [-0.15, -0.1) is 0 Å². The Labute approximate surface area is 132 Å². The molecule has 2 aromatic rings. The standard InChI is InChI=1S/C16H18N2O5/c1-3-8-16(2,15(21)22)18-14(20)10-6-7-11(17-13(10)19)12-5-4-9-23-12/h4-7,9H,3,8H2,1-2H3,(H,17,19)(H,18,20)(H,21,22). The maximum absolute atomic E-state index is 12.2.